The molecule has 2 aromatic rings. The van der Waals surface area contributed by atoms with Gasteiger partial charge in [0.05, 0.1) is 0 Å². The van der Waals surface area contributed by atoms with Crippen LogP contribution in [0.4, 0.5) is 0 Å². The Bertz CT molecular complexity index is 495. The van der Waals surface area contributed by atoms with Crippen LogP contribution in [0, 0.1) is 6.92 Å². The summed E-state index contributed by atoms with van der Waals surface area (Å²) in [6.07, 6.45) is 4.05. The van der Waals surface area contributed by atoms with Crippen molar-refractivity contribution in [2.45, 2.75) is 26.7 Å². The minimum atomic E-state index is 0.706. The molecule has 3 nitrogen and oxygen atoms in total. The first-order valence-electron chi connectivity index (χ1n) is 6.36. The van der Waals surface area contributed by atoms with Crippen LogP contribution in [0.15, 0.2) is 24.5 Å². The minimum Gasteiger partial charge on any atom is -0.305 e. The largest absolute Gasteiger partial charge is 0.305 e. The first-order chi connectivity index (χ1) is 8.24. The Hall–Kier alpha value is -1.35. The van der Waals surface area contributed by atoms with Gasteiger partial charge in [-0.2, -0.15) is 0 Å². The van der Waals surface area contributed by atoms with Gasteiger partial charge in [0.15, 0.2) is 0 Å². The molecule has 0 bridgehead atoms. The highest BCUT2D eigenvalue weighted by atomic mass is 15.2. The monoisotopic (exact) mass is 231 g/mol. The zero-order valence-electron chi connectivity index (χ0n) is 11.1. The second-order valence-electron chi connectivity index (χ2n) is 4.51. The van der Waals surface area contributed by atoms with E-state index in [0.717, 1.165) is 5.65 Å². The zero-order valence-corrected chi connectivity index (χ0v) is 11.1. The number of imidazole rings is 1. The van der Waals surface area contributed by atoms with Gasteiger partial charge in [-0.05, 0) is 31.7 Å². The molecule has 0 amide bonds. The van der Waals surface area contributed by atoms with E-state index in [4.69, 9.17) is 0 Å². The van der Waals surface area contributed by atoms with Gasteiger partial charge in [0.1, 0.15) is 5.65 Å². The summed E-state index contributed by atoms with van der Waals surface area (Å²) in [5.74, 6) is 0.706. The van der Waals surface area contributed by atoms with E-state index in [1.165, 1.54) is 24.3 Å². The van der Waals surface area contributed by atoms with Crippen LogP contribution in [0.2, 0.25) is 0 Å². The van der Waals surface area contributed by atoms with E-state index < -0.39 is 0 Å². The van der Waals surface area contributed by atoms with Gasteiger partial charge in [0, 0.05) is 37.1 Å². The van der Waals surface area contributed by atoms with Gasteiger partial charge in [-0.15, -0.1) is 0 Å². The van der Waals surface area contributed by atoms with Crippen LogP contribution >= 0.6 is 0 Å². The van der Waals surface area contributed by atoms with E-state index in [1.54, 1.807) is 0 Å². The number of likely N-dealkylation sites (N-methyl/N-ethyl adjacent to an activating group) is 1. The number of nitrogens with zero attached hydrogens (tertiary/aromatic N) is 3. The Kier molecular flexibility index (Phi) is 3.48. The molecular weight excluding hydrogens is 210 g/mol. The van der Waals surface area contributed by atoms with E-state index >= 15 is 0 Å². The number of pyridine rings is 1. The number of aromatic nitrogens is 2. The summed E-state index contributed by atoms with van der Waals surface area (Å²) in [6.45, 7) is 8.43. The second kappa shape index (κ2) is 4.88. The summed E-state index contributed by atoms with van der Waals surface area (Å²) < 4.78 is 2.13. The van der Waals surface area contributed by atoms with Crippen LogP contribution in [0.1, 0.15) is 31.0 Å². The van der Waals surface area contributed by atoms with E-state index in [0.29, 0.717) is 5.92 Å². The van der Waals surface area contributed by atoms with Gasteiger partial charge >= 0.3 is 0 Å². The quantitative estimate of drug-likeness (QED) is 0.752. The highest BCUT2D eigenvalue weighted by Gasteiger charge is 2.24. The lowest BCUT2D eigenvalue weighted by atomic mass is 9.93. The predicted molar refractivity (Wildman–Crippen MR) is 71.5 cm³/mol. The van der Waals surface area contributed by atoms with Crippen molar-refractivity contribution in [2.75, 3.05) is 20.1 Å². The summed E-state index contributed by atoms with van der Waals surface area (Å²) in [4.78, 5) is 6.73. The van der Waals surface area contributed by atoms with Crippen LogP contribution in [0.5, 0.6) is 0 Å². The molecule has 0 N–H and O–H groups in total. The molecule has 0 atom stereocenters. The normalized spacial score (nSPS) is 16.5. The molecule has 0 aromatic carbocycles. The maximum atomic E-state index is 4.39. The lowest BCUT2D eigenvalue weighted by Crippen LogP contribution is -2.41. The topological polar surface area (TPSA) is 20.5 Å². The molecule has 0 spiro atoms. The van der Waals surface area contributed by atoms with Crippen LogP contribution in [0.25, 0.3) is 5.65 Å². The maximum absolute atomic E-state index is 4.39. The molecular formula is C14H21N3. The first-order valence-corrected chi connectivity index (χ1v) is 6.36. The smallest absolute Gasteiger partial charge is 0.137 e. The van der Waals surface area contributed by atoms with Gasteiger partial charge < -0.3 is 9.30 Å². The fourth-order valence-electron chi connectivity index (χ4n) is 2.29. The summed E-state index contributed by atoms with van der Waals surface area (Å²) in [7, 11) is 2.16. The van der Waals surface area contributed by atoms with Crippen LogP contribution in [-0.4, -0.2) is 34.4 Å². The van der Waals surface area contributed by atoms with Crippen LogP contribution in [0.3, 0.4) is 0 Å². The minimum absolute atomic E-state index is 0.706. The van der Waals surface area contributed by atoms with E-state index in [1.807, 2.05) is 20.0 Å². The average Bonchev–Trinajstić information content (AvgIpc) is 2.69. The predicted octanol–water partition coefficient (Wildman–Crippen LogP) is 2.70. The SMILES string of the molecule is CC.Cc1cnc2cc(C3CN(C)C3)ccn12. The van der Waals surface area contributed by atoms with Crippen molar-refractivity contribution < 1.29 is 0 Å². The third kappa shape index (κ3) is 2.20. The van der Waals surface area contributed by atoms with E-state index in [-0.39, 0.29) is 0 Å². The molecule has 2 aromatic heterocycles. The molecule has 1 aliphatic rings. The molecule has 1 saturated heterocycles. The molecule has 3 rings (SSSR count). The molecule has 0 unspecified atom stereocenters. The molecule has 1 fully saturated rings. The van der Waals surface area contributed by atoms with Crippen LogP contribution in [-0.2, 0) is 0 Å². The second-order valence-corrected chi connectivity index (χ2v) is 4.51. The molecule has 3 heterocycles. The van der Waals surface area contributed by atoms with Crippen molar-refractivity contribution in [3.63, 3.8) is 0 Å². The Morgan fingerprint density at radius 1 is 1.29 bits per heavy atom. The zero-order chi connectivity index (χ0) is 12.4. The first kappa shape index (κ1) is 12.1. The molecule has 0 saturated carbocycles. The van der Waals surface area contributed by atoms with Crippen molar-refractivity contribution in [3.05, 3.63) is 35.8 Å². The fraction of sp³-hybridized carbons (Fsp3) is 0.500. The Morgan fingerprint density at radius 2 is 2.00 bits per heavy atom. The molecule has 17 heavy (non-hydrogen) atoms. The lowest BCUT2D eigenvalue weighted by molar-refractivity contribution is 0.190. The van der Waals surface area contributed by atoms with Gasteiger partial charge in [-0.1, -0.05) is 13.8 Å². The number of hydrogen-bond donors (Lipinski definition) is 0. The van der Waals surface area contributed by atoms with Crippen molar-refractivity contribution in [1.82, 2.24) is 14.3 Å². The summed E-state index contributed by atoms with van der Waals surface area (Å²) in [6, 6.07) is 4.43. The summed E-state index contributed by atoms with van der Waals surface area (Å²) in [5, 5.41) is 0. The van der Waals surface area contributed by atoms with Gasteiger partial charge in [-0.3, -0.25) is 0 Å². The summed E-state index contributed by atoms with van der Waals surface area (Å²) >= 11 is 0. The van der Waals surface area contributed by atoms with Crippen LogP contribution < -0.4 is 0 Å². The number of likely N-dealkylation sites (tertiary alicyclic amines) is 1. The fourth-order valence-corrected chi connectivity index (χ4v) is 2.29. The van der Waals surface area contributed by atoms with Crippen molar-refractivity contribution in [3.8, 4) is 0 Å². The molecule has 1 aliphatic heterocycles. The third-order valence-corrected chi connectivity index (χ3v) is 3.26. The summed E-state index contributed by atoms with van der Waals surface area (Å²) in [5.41, 5.74) is 3.69. The number of aryl methyl sites for hydroxylation is 1. The standard InChI is InChI=1S/C12H15N3.C2H6/c1-9-6-13-12-5-10(3-4-15(9)12)11-7-14(2)8-11;1-2/h3-6,11H,7-8H2,1-2H3;1-2H3. The highest BCUT2D eigenvalue weighted by Crippen LogP contribution is 2.26. The van der Waals surface area contributed by atoms with E-state index in [9.17, 15) is 0 Å². The van der Waals surface area contributed by atoms with E-state index in [2.05, 4.69) is 46.6 Å². The third-order valence-electron chi connectivity index (χ3n) is 3.26. The van der Waals surface area contributed by atoms with Gasteiger partial charge in [-0.25, -0.2) is 4.98 Å². The molecule has 92 valence electrons. The Balaban J connectivity index is 0.000000514. The number of hydrogen-bond acceptors (Lipinski definition) is 2. The number of fused-ring (bicyclic) bond motifs is 1. The Morgan fingerprint density at radius 3 is 2.65 bits per heavy atom. The van der Waals surface area contributed by atoms with Crippen molar-refractivity contribution in [2.24, 2.45) is 0 Å². The maximum Gasteiger partial charge on any atom is 0.137 e. The highest BCUT2D eigenvalue weighted by molar-refractivity contribution is 5.44. The average molecular weight is 231 g/mol. The van der Waals surface area contributed by atoms with Crippen molar-refractivity contribution in [1.29, 1.82) is 0 Å². The molecule has 0 aliphatic carbocycles. The lowest BCUT2D eigenvalue weighted by Gasteiger charge is -2.36. The Labute approximate surface area is 103 Å². The van der Waals surface area contributed by atoms with Gasteiger partial charge in [0.25, 0.3) is 0 Å². The number of rotatable bonds is 1. The van der Waals surface area contributed by atoms with Gasteiger partial charge in [0.2, 0.25) is 0 Å². The molecule has 0 radical (unpaired) electrons. The molecule has 3 heteroatoms. The van der Waals surface area contributed by atoms with Crippen molar-refractivity contribution >= 4 is 5.65 Å².